The summed E-state index contributed by atoms with van der Waals surface area (Å²) in [6, 6.07) is 14.0. The second-order valence-electron chi connectivity index (χ2n) is 22.7. The molecule has 0 bridgehead atoms. The number of hydrogen-bond acceptors (Lipinski definition) is 15. The molecule has 2 heterocycles. The van der Waals surface area contributed by atoms with Crippen LogP contribution in [0.15, 0.2) is 102 Å². The minimum absolute atomic E-state index is 0.0367. The van der Waals surface area contributed by atoms with Crippen LogP contribution in [0.1, 0.15) is 89.3 Å². The maximum atomic E-state index is 14.3. The van der Waals surface area contributed by atoms with Gasteiger partial charge in [0.05, 0.1) is 48.8 Å². The number of hydrogen-bond donors (Lipinski definition) is 14. The van der Waals surface area contributed by atoms with Gasteiger partial charge in [-0.25, -0.2) is 0 Å². The standard InChI is InChI=1S/C62H84N12O14/c1-34(2)24-46(53(80)28-39(14-11-23-67-62(65)66-5)58(85)73-49(57(64)84)27-40-32-68-45-16-10-9-15-43(40)45)70-56(83)22-21-52(79)47(25-37-12-7-6-8-13-37)71-59(86)44(35(3)75)30-54(81)48(31-55(63)82)72-60(87)51-29-42(78)33-74(51)61(88)50(69-36(4)76)26-38-17-19-41(77)20-18-38/h6-10,12-13,15-22,32,34-35,39,42,44,46-52,68,75,77-79H,11,14,23-31,33H2,1-5H3,(H2,63,82)(H2,64,84)(H,69,76)(H,70,83)(H,71,86)(H,72,87)(H,73,85)(H3,65,66,67)/b22-21+/t35-,39-,42-,44+,46+,47+,48+,49+,50-,51+,52-/m1/s1. The fraction of sp³-hybridized carbons (Fsp3) is 0.468. The number of aromatic nitrogens is 1. The number of aliphatic hydroxyl groups is 3. The lowest BCUT2D eigenvalue weighted by molar-refractivity contribution is -0.142. The SMILES string of the molecule is CN=C(N)NCCC[C@H](CC(=O)[C@H](CC(C)C)NC(=O)/C=C/[C@@H](O)[C@H](Cc1ccccc1)NC(=O)[C@@H](CC(=O)[C@H](CC(N)=O)NC(=O)[C@@H]1C[C@@H](O)CN1C(=O)[C@@H](Cc1ccc(O)cc1)NC(C)=O)[C@@H](C)O)C(=O)N[C@@H](Cc1c[nH]c2ccccc12)C(N)=O. The van der Waals surface area contributed by atoms with Gasteiger partial charge in [-0.1, -0.05) is 74.5 Å². The van der Waals surface area contributed by atoms with Crippen LogP contribution in [0, 0.1) is 17.8 Å². The average Bonchev–Trinajstić information content (AvgIpc) is 2.76. The quantitative estimate of drug-likeness (QED) is 0.0121. The molecule has 26 heteroatoms. The van der Waals surface area contributed by atoms with Gasteiger partial charge in [0.2, 0.25) is 47.3 Å². The molecule has 3 aromatic carbocycles. The Morgan fingerprint density at radius 1 is 0.739 bits per heavy atom. The van der Waals surface area contributed by atoms with E-state index in [9.17, 15) is 68.4 Å². The molecule has 0 spiro atoms. The molecular weight excluding hydrogens is 1140 g/mol. The minimum atomic E-state index is -1.70. The number of nitrogens with zero attached hydrogens (tertiary/aromatic N) is 2. The number of rotatable bonds is 34. The molecular formula is C62H84N12O14. The van der Waals surface area contributed by atoms with Crippen LogP contribution >= 0.6 is 0 Å². The molecule has 1 saturated heterocycles. The molecule has 26 nitrogen and oxygen atoms in total. The van der Waals surface area contributed by atoms with Gasteiger partial charge in [-0.15, -0.1) is 0 Å². The van der Waals surface area contributed by atoms with Crippen molar-refractivity contribution in [1.29, 1.82) is 0 Å². The highest BCUT2D eigenvalue weighted by Crippen LogP contribution is 2.24. The van der Waals surface area contributed by atoms with E-state index in [1.54, 1.807) is 36.5 Å². The van der Waals surface area contributed by atoms with E-state index < -0.39 is 138 Å². The van der Waals surface area contributed by atoms with Gasteiger partial charge in [-0.05, 0) is 79.5 Å². The zero-order valence-corrected chi connectivity index (χ0v) is 50.1. The number of carbonyl (C=O) groups excluding carboxylic acids is 10. The Balaban J connectivity index is 1.30. The summed E-state index contributed by atoms with van der Waals surface area (Å²) in [4.78, 5) is 144. The normalized spacial score (nSPS) is 17.3. The number of ketones is 2. The first-order chi connectivity index (χ1) is 41.7. The summed E-state index contributed by atoms with van der Waals surface area (Å²) < 4.78 is 0. The highest BCUT2D eigenvalue weighted by atomic mass is 16.3. The molecule has 1 aromatic heterocycles. The van der Waals surface area contributed by atoms with Gasteiger partial charge in [0.25, 0.3) is 0 Å². The number of β-amino-alcohol motifs (C(OH)–C–C–N with tert-alkyl or cyclic N) is 1. The number of Topliss-reactive ketones (excluding diaryl/α,β-unsaturated/α-hetero) is 2. The maximum absolute atomic E-state index is 14.3. The number of primary amides is 2. The first kappa shape index (κ1) is 69.8. The Labute approximate surface area is 510 Å². The zero-order valence-electron chi connectivity index (χ0n) is 50.1. The second kappa shape index (κ2) is 33.8. The molecule has 17 N–H and O–H groups in total. The highest BCUT2D eigenvalue weighted by molar-refractivity contribution is 5.99. The van der Waals surface area contributed by atoms with Gasteiger partial charge < -0.3 is 79.4 Å². The summed E-state index contributed by atoms with van der Waals surface area (Å²) in [7, 11) is 1.50. The molecule has 4 aromatic rings. The van der Waals surface area contributed by atoms with E-state index in [1.165, 1.54) is 45.2 Å². The van der Waals surface area contributed by atoms with Gasteiger partial charge in [0.1, 0.15) is 23.9 Å². The number of carbonyl (C=O) groups is 10. The summed E-state index contributed by atoms with van der Waals surface area (Å²) in [6.45, 7) is 6.04. The Morgan fingerprint density at radius 3 is 2.03 bits per heavy atom. The van der Waals surface area contributed by atoms with E-state index in [4.69, 9.17) is 17.2 Å². The number of benzene rings is 3. The fourth-order valence-corrected chi connectivity index (χ4v) is 10.5. The number of aromatic hydroxyl groups is 1. The van der Waals surface area contributed by atoms with Crippen molar-refractivity contribution in [2.24, 2.45) is 39.9 Å². The fourth-order valence-electron chi connectivity index (χ4n) is 10.5. The van der Waals surface area contributed by atoms with Crippen LogP contribution in [0.5, 0.6) is 5.75 Å². The van der Waals surface area contributed by atoms with Gasteiger partial charge in [-0.3, -0.25) is 52.9 Å². The lowest BCUT2D eigenvalue weighted by Gasteiger charge is -2.30. The minimum Gasteiger partial charge on any atom is -0.508 e. The Hall–Kier alpha value is -9.01. The van der Waals surface area contributed by atoms with Crippen molar-refractivity contribution in [3.63, 3.8) is 0 Å². The third-order valence-electron chi connectivity index (χ3n) is 15.1. The van der Waals surface area contributed by atoms with Crippen LogP contribution in [-0.2, 0) is 67.2 Å². The van der Waals surface area contributed by atoms with Crippen LogP contribution in [0.3, 0.4) is 0 Å². The predicted molar refractivity (Wildman–Crippen MR) is 326 cm³/mol. The van der Waals surface area contributed by atoms with Crippen molar-refractivity contribution in [2.75, 3.05) is 20.1 Å². The number of fused-ring (bicyclic) bond motifs is 1. The van der Waals surface area contributed by atoms with Crippen LogP contribution in [0.2, 0.25) is 0 Å². The molecule has 1 aliphatic heterocycles. The van der Waals surface area contributed by atoms with E-state index in [-0.39, 0.29) is 69.1 Å². The zero-order chi connectivity index (χ0) is 64.8. The lowest BCUT2D eigenvalue weighted by atomic mass is 9.90. The monoisotopic (exact) mass is 1220 g/mol. The molecule has 0 aliphatic carbocycles. The van der Waals surface area contributed by atoms with Gasteiger partial charge >= 0.3 is 0 Å². The first-order valence-corrected chi connectivity index (χ1v) is 29.2. The Kier molecular flexibility index (Phi) is 26.8. The van der Waals surface area contributed by atoms with Crippen molar-refractivity contribution in [1.82, 2.24) is 41.8 Å². The average molecular weight is 1220 g/mol. The Morgan fingerprint density at radius 2 is 1.40 bits per heavy atom. The van der Waals surface area contributed by atoms with Crippen molar-refractivity contribution < 1.29 is 68.4 Å². The molecule has 11 atom stereocenters. The third-order valence-corrected chi connectivity index (χ3v) is 15.1. The summed E-state index contributed by atoms with van der Waals surface area (Å²) in [6.07, 6.45) is -2.19. The lowest BCUT2D eigenvalue weighted by Crippen LogP contribution is -2.56. The van der Waals surface area contributed by atoms with Crippen molar-refractivity contribution >= 4 is 75.7 Å². The molecule has 1 aliphatic rings. The largest absolute Gasteiger partial charge is 0.508 e. The van der Waals surface area contributed by atoms with Gasteiger partial charge in [0.15, 0.2) is 17.5 Å². The summed E-state index contributed by atoms with van der Waals surface area (Å²) >= 11 is 0. The van der Waals surface area contributed by atoms with Crippen molar-refractivity contribution in [3.8, 4) is 5.75 Å². The van der Waals surface area contributed by atoms with Crippen molar-refractivity contribution in [2.45, 2.75) is 146 Å². The van der Waals surface area contributed by atoms with Crippen LogP contribution in [0.4, 0.5) is 0 Å². The van der Waals surface area contributed by atoms with E-state index in [0.717, 1.165) is 33.5 Å². The maximum Gasteiger partial charge on any atom is 0.246 e. The number of H-pyrrole nitrogens is 1. The number of para-hydroxylation sites is 1. The number of likely N-dealkylation sites (tertiary alicyclic amines) is 1. The summed E-state index contributed by atoms with van der Waals surface area (Å²) in [5.41, 5.74) is 19.9. The number of aliphatic imine (C=N–C) groups is 1. The van der Waals surface area contributed by atoms with Crippen molar-refractivity contribution in [3.05, 3.63) is 114 Å². The topological polar surface area (TPSA) is 433 Å². The molecule has 0 saturated carbocycles. The number of aromatic amines is 1. The van der Waals surface area contributed by atoms with Crippen LogP contribution < -0.4 is 49.1 Å². The van der Waals surface area contributed by atoms with Gasteiger partial charge in [-0.2, -0.15) is 0 Å². The van der Waals surface area contributed by atoms with Crippen LogP contribution in [0.25, 0.3) is 10.9 Å². The molecule has 476 valence electrons. The molecule has 0 radical (unpaired) electrons. The number of aliphatic hydroxyl groups excluding tert-OH is 3. The van der Waals surface area contributed by atoms with E-state index in [1.807, 2.05) is 38.1 Å². The number of phenolic OH excluding ortho intramolecular Hbond substituents is 1. The van der Waals surface area contributed by atoms with Gasteiger partial charge in [0, 0.05) is 88.3 Å². The highest BCUT2D eigenvalue weighted by Gasteiger charge is 2.43. The van der Waals surface area contributed by atoms with E-state index >= 15 is 0 Å². The second-order valence-corrected chi connectivity index (χ2v) is 22.7. The smallest absolute Gasteiger partial charge is 0.246 e. The number of nitrogens with one attached hydrogen (secondary N) is 7. The summed E-state index contributed by atoms with van der Waals surface area (Å²) in [5, 5.41) is 60.1. The molecule has 8 amide bonds. The number of guanidine groups is 1. The molecule has 5 rings (SSSR count). The number of phenols is 1. The van der Waals surface area contributed by atoms with E-state index in [2.05, 4.69) is 41.9 Å². The third kappa shape index (κ3) is 21.7. The Bertz CT molecular complexity index is 3130. The molecule has 0 unspecified atom stereocenters. The van der Waals surface area contributed by atoms with E-state index in [0.29, 0.717) is 24.1 Å². The molecule has 88 heavy (non-hydrogen) atoms. The summed E-state index contributed by atoms with van der Waals surface area (Å²) in [5.74, 6) is -10.5. The predicted octanol–water partition coefficient (Wildman–Crippen LogP) is -0.523. The number of amides is 8. The first-order valence-electron chi connectivity index (χ1n) is 29.2. The van der Waals surface area contributed by atoms with Crippen LogP contribution in [-0.4, -0.2) is 170 Å². The number of nitrogens with two attached hydrogens (primary N) is 3. The molecule has 1 fully saturated rings.